The molecule has 50 valence electrons. The second kappa shape index (κ2) is 2.21. The molecule has 1 aliphatic rings. The van der Waals surface area contributed by atoms with Crippen molar-refractivity contribution in [3.63, 3.8) is 0 Å². The lowest BCUT2D eigenvalue weighted by Crippen LogP contribution is -2.09. The van der Waals surface area contributed by atoms with E-state index in [-0.39, 0.29) is 0 Å². The Balaban J connectivity index is 2.55. The van der Waals surface area contributed by atoms with Crippen LogP contribution in [-0.2, 0) is 4.79 Å². The number of Topliss-reactive ketones (excluding diaryl/α,β-unsaturated/α-hetero) is 1. The van der Waals surface area contributed by atoms with Gasteiger partial charge in [-0.05, 0) is 0 Å². The molecule has 0 saturated carbocycles. The van der Waals surface area contributed by atoms with Crippen molar-refractivity contribution in [1.82, 2.24) is 4.90 Å². The highest BCUT2D eigenvalue weighted by molar-refractivity contribution is 5.85. The van der Waals surface area contributed by atoms with Crippen LogP contribution >= 0.6 is 0 Å². The maximum atomic E-state index is 10.7. The van der Waals surface area contributed by atoms with Gasteiger partial charge in [-0.15, -0.1) is 0 Å². The Hall–Kier alpha value is -0.790. The first-order valence-corrected chi connectivity index (χ1v) is 3.08. The largest absolute Gasteiger partial charge is 0.381 e. The zero-order valence-electron chi connectivity index (χ0n) is 5.85. The smallest absolute Gasteiger partial charge is 0.142 e. The van der Waals surface area contributed by atoms with E-state index in [4.69, 9.17) is 0 Å². The van der Waals surface area contributed by atoms with Gasteiger partial charge in [0, 0.05) is 32.6 Å². The molecule has 1 aliphatic carbocycles. The number of hydrogen-bond donors (Lipinski definition) is 0. The van der Waals surface area contributed by atoms with Crippen molar-refractivity contribution in [2.75, 3.05) is 14.1 Å². The molecule has 2 heteroatoms. The summed E-state index contributed by atoms with van der Waals surface area (Å²) < 4.78 is 0. The van der Waals surface area contributed by atoms with Crippen LogP contribution in [0, 0.1) is 0 Å². The van der Waals surface area contributed by atoms with Gasteiger partial charge in [0.25, 0.3) is 0 Å². The molecule has 0 atom stereocenters. The molecule has 0 bridgehead atoms. The zero-order chi connectivity index (χ0) is 6.85. The summed E-state index contributed by atoms with van der Waals surface area (Å²) in [4.78, 5) is 12.7. The molecule has 0 amide bonds. The summed E-state index contributed by atoms with van der Waals surface area (Å²) in [6, 6.07) is 0. The fourth-order valence-electron chi connectivity index (χ4n) is 0.919. The summed E-state index contributed by atoms with van der Waals surface area (Å²) >= 11 is 0. The third kappa shape index (κ3) is 1.31. The van der Waals surface area contributed by atoms with E-state index < -0.39 is 0 Å². The maximum Gasteiger partial charge on any atom is 0.142 e. The van der Waals surface area contributed by atoms with Crippen molar-refractivity contribution in [3.8, 4) is 0 Å². The Morgan fingerprint density at radius 3 is 2.44 bits per heavy atom. The van der Waals surface area contributed by atoms with Crippen LogP contribution in [0.4, 0.5) is 0 Å². The quantitative estimate of drug-likeness (QED) is 0.516. The van der Waals surface area contributed by atoms with Crippen LogP contribution in [0.3, 0.4) is 0 Å². The van der Waals surface area contributed by atoms with Crippen molar-refractivity contribution >= 4 is 5.78 Å². The minimum absolute atomic E-state index is 0.332. The molecule has 0 heterocycles. The highest BCUT2D eigenvalue weighted by atomic mass is 16.1. The molecule has 0 aliphatic heterocycles. The number of ketones is 1. The number of allylic oxidation sites excluding steroid dienone is 2. The summed E-state index contributed by atoms with van der Waals surface area (Å²) in [5.74, 6) is 0.332. The Bertz CT molecular complexity index is 158. The summed E-state index contributed by atoms with van der Waals surface area (Å²) in [6.07, 6.45) is 3.25. The van der Waals surface area contributed by atoms with Crippen LogP contribution in [-0.4, -0.2) is 24.8 Å². The molecule has 0 unspecified atom stereocenters. The van der Waals surface area contributed by atoms with Gasteiger partial charge in [-0.2, -0.15) is 0 Å². The van der Waals surface area contributed by atoms with Crippen LogP contribution < -0.4 is 0 Å². The number of carbonyl (C=O) groups excluding carboxylic acids is 1. The molecule has 0 saturated heterocycles. The highest BCUT2D eigenvalue weighted by Crippen LogP contribution is 2.15. The molecule has 1 rings (SSSR count). The van der Waals surface area contributed by atoms with Crippen LogP contribution in [0.1, 0.15) is 12.8 Å². The standard InChI is InChI=1S/C7H11NO/c1-8(2)6-3-4-7(9)5-6/h3H,4-5H2,1-2H3. The fourth-order valence-corrected chi connectivity index (χ4v) is 0.919. The van der Waals surface area contributed by atoms with E-state index in [0.29, 0.717) is 18.6 Å². The van der Waals surface area contributed by atoms with E-state index in [0.717, 1.165) is 5.70 Å². The predicted molar refractivity (Wildman–Crippen MR) is 36.0 cm³/mol. The molecule has 0 fully saturated rings. The molecule has 0 radical (unpaired) electrons. The van der Waals surface area contributed by atoms with Crippen LogP contribution in [0.2, 0.25) is 0 Å². The number of hydrogen-bond acceptors (Lipinski definition) is 2. The van der Waals surface area contributed by atoms with Gasteiger partial charge < -0.3 is 4.90 Å². The maximum absolute atomic E-state index is 10.7. The van der Waals surface area contributed by atoms with Gasteiger partial charge in [-0.1, -0.05) is 6.08 Å². The van der Waals surface area contributed by atoms with E-state index in [1.54, 1.807) is 0 Å². The Morgan fingerprint density at radius 2 is 2.22 bits per heavy atom. The number of nitrogens with zero attached hydrogens (tertiary/aromatic N) is 1. The molecular formula is C7H11NO. The Kier molecular flexibility index (Phi) is 1.56. The first-order chi connectivity index (χ1) is 4.20. The lowest BCUT2D eigenvalue weighted by molar-refractivity contribution is -0.117. The first-order valence-electron chi connectivity index (χ1n) is 3.08. The SMILES string of the molecule is CN(C)C1=CCC(=O)C1. The topological polar surface area (TPSA) is 20.3 Å². The van der Waals surface area contributed by atoms with Gasteiger partial charge in [0.2, 0.25) is 0 Å². The van der Waals surface area contributed by atoms with Crippen LogP contribution in [0.15, 0.2) is 11.8 Å². The minimum atomic E-state index is 0.332. The lowest BCUT2D eigenvalue weighted by Gasteiger charge is -2.11. The van der Waals surface area contributed by atoms with Crippen molar-refractivity contribution in [2.45, 2.75) is 12.8 Å². The fraction of sp³-hybridized carbons (Fsp3) is 0.571. The molecule has 0 spiro atoms. The third-order valence-corrected chi connectivity index (χ3v) is 1.52. The van der Waals surface area contributed by atoms with Gasteiger partial charge in [0.15, 0.2) is 0 Å². The number of rotatable bonds is 1. The predicted octanol–water partition coefficient (Wildman–Crippen LogP) is 0.795. The molecule has 0 aromatic carbocycles. The monoisotopic (exact) mass is 125 g/mol. The van der Waals surface area contributed by atoms with Gasteiger partial charge in [0.05, 0.1) is 0 Å². The first kappa shape index (κ1) is 6.33. The van der Waals surface area contributed by atoms with Crippen LogP contribution in [0.25, 0.3) is 0 Å². The van der Waals surface area contributed by atoms with Crippen molar-refractivity contribution < 1.29 is 4.79 Å². The summed E-state index contributed by atoms with van der Waals surface area (Å²) in [5.41, 5.74) is 1.15. The lowest BCUT2D eigenvalue weighted by atomic mass is 10.3. The number of carbonyl (C=O) groups is 1. The molecular weight excluding hydrogens is 114 g/mol. The van der Waals surface area contributed by atoms with E-state index >= 15 is 0 Å². The van der Waals surface area contributed by atoms with Gasteiger partial charge in [-0.25, -0.2) is 0 Å². The third-order valence-electron chi connectivity index (χ3n) is 1.52. The van der Waals surface area contributed by atoms with Gasteiger partial charge >= 0.3 is 0 Å². The normalized spacial score (nSPS) is 18.0. The Labute approximate surface area is 55.2 Å². The average Bonchev–Trinajstić information content (AvgIpc) is 2.14. The van der Waals surface area contributed by atoms with Gasteiger partial charge in [-0.3, -0.25) is 4.79 Å². The minimum Gasteiger partial charge on any atom is -0.381 e. The summed E-state index contributed by atoms with van der Waals surface area (Å²) in [6.45, 7) is 0. The average molecular weight is 125 g/mol. The van der Waals surface area contributed by atoms with E-state index in [1.165, 1.54) is 0 Å². The van der Waals surface area contributed by atoms with Crippen molar-refractivity contribution in [3.05, 3.63) is 11.8 Å². The molecule has 0 aromatic heterocycles. The molecule has 0 aromatic rings. The van der Waals surface area contributed by atoms with E-state index in [2.05, 4.69) is 0 Å². The second-order valence-electron chi connectivity index (χ2n) is 2.51. The Morgan fingerprint density at radius 1 is 1.56 bits per heavy atom. The summed E-state index contributed by atoms with van der Waals surface area (Å²) in [7, 11) is 3.93. The zero-order valence-corrected chi connectivity index (χ0v) is 5.85. The summed E-state index contributed by atoms with van der Waals surface area (Å²) in [5, 5.41) is 0. The van der Waals surface area contributed by atoms with Crippen LogP contribution in [0.5, 0.6) is 0 Å². The van der Waals surface area contributed by atoms with Crippen molar-refractivity contribution in [2.24, 2.45) is 0 Å². The second-order valence-corrected chi connectivity index (χ2v) is 2.51. The molecule has 0 N–H and O–H groups in total. The molecule has 2 nitrogen and oxygen atoms in total. The van der Waals surface area contributed by atoms with Gasteiger partial charge in [0.1, 0.15) is 5.78 Å². The van der Waals surface area contributed by atoms with E-state index in [1.807, 2.05) is 25.1 Å². The van der Waals surface area contributed by atoms with E-state index in [9.17, 15) is 4.79 Å². The highest BCUT2D eigenvalue weighted by Gasteiger charge is 2.12. The van der Waals surface area contributed by atoms with Crippen molar-refractivity contribution in [1.29, 1.82) is 0 Å². The molecule has 9 heavy (non-hydrogen) atoms.